The molecule has 1 saturated heterocycles. The van der Waals surface area contributed by atoms with Gasteiger partial charge in [-0.25, -0.2) is 0 Å². The number of likely N-dealkylation sites (tertiary alicyclic amines) is 1. The highest BCUT2D eigenvalue weighted by atomic mass is 16.5. The molecule has 0 aliphatic carbocycles. The molecule has 2 aliphatic heterocycles. The first-order chi connectivity index (χ1) is 19.2. The maximum Gasteiger partial charge on any atom is 0.242 e. The summed E-state index contributed by atoms with van der Waals surface area (Å²) < 4.78 is 11.9. The van der Waals surface area contributed by atoms with E-state index in [1.54, 1.807) is 18.2 Å². The van der Waals surface area contributed by atoms with E-state index in [0.29, 0.717) is 29.1 Å². The smallest absolute Gasteiger partial charge is 0.242 e. The normalized spacial score (nSPS) is 15.7. The van der Waals surface area contributed by atoms with Crippen LogP contribution in [-0.4, -0.2) is 31.1 Å². The molecule has 0 atom stereocenters. The molecule has 0 unspecified atom stereocenters. The van der Waals surface area contributed by atoms with E-state index in [0.717, 1.165) is 38.9 Å². The van der Waals surface area contributed by atoms with Gasteiger partial charge in [-0.2, -0.15) is 0 Å². The molecule has 3 aromatic carbocycles. The summed E-state index contributed by atoms with van der Waals surface area (Å²) in [6.07, 6.45) is 2.33. The van der Waals surface area contributed by atoms with E-state index in [-0.39, 0.29) is 5.43 Å². The summed E-state index contributed by atoms with van der Waals surface area (Å²) in [6, 6.07) is 28.1. The predicted octanol–water partition coefficient (Wildman–Crippen LogP) is 6.99. The lowest BCUT2D eigenvalue weighted by Gasteiger charge is -2.30. The minimum absolute atomic E-state index is 0.156. The van der Waals surface area contributed by atoms with Crippen molar-refractivity contribution in [2.45, 2.75) is 25.4 Å². The number of fused-ring (bicyclic) bond motifs is 1. The fraction of sp³-hybridized carbons (Fsp3) is 0.258. The van der Waals surface area contributed by atoms with Gasteiger partial charge in [0.15, 0.2) is 11.2 Å². The lowest BCUT2D eigenvalue weighted by molar-refractivity contribution is 0.223. The molecule has 0 N–H and O–H groups in total. The Bertz CT molecular complexity index is 1530. The van der Waals surface area contributed by atoms with Crippen molar-refractivity contribution in [2.24, 2.45) is 20.7 Å². The molecule has 0 radical (unpaired) electrons. The molecule has 196 valence electrons. The maximum atomic E-state index is 12.5. The molecule has 3 heterocycles. The Morgan fingerprint density at radius 2 is 1.54 bits per heavy atom. The Kier molecular flexibility index (Phi) is 7.36. The van der Waals surface area contributed by atoms with Crippen molar-refractivity contribution in [1.82, 2.24) is 4.90 Å². The zero-order chi connectivity index (χ0) is 26.4. The van der Waals surface area contributed by atoms with E-state index in [1.165, 1.54) is 28.3 Å². The van der Waals surface area contributed by atoms with Crippen LogP contribution >= 0.6 is 0 Å². The molecule has 0 saturated carbocycles. The van der Waals surface area contributed by atoms with E-state index in [1.807, 2.05) is 0 Å². The third-order valence-electron chi connectivity index (χ3n) is 7.16. The monoisotopic (exact) mass is 519 g/mol. The minimum atomic E-state index is -0.706. The van der Waals surface area contributed by atoms with Crippen molar-refractivity contribution < 1.29 is 9.15 Å². The number of piperidine rings is 1. The topological polar surface area (TPSA) is 92.1 Å². The molecule has 0 bridgehead atoms. The number of nitrogens with zero attached hydrogens (tertiary/aromatic N) is 5. The lowest BCUT2D eigenvalue weighted by Crippen LogP contribution is -2.32. The Morgan fingerprint density at radius 1 is 0.872 bits per heavy atom. The Morgan fingerprint density at radius 3 is 2.21 bits per heavy atom. The highest BCUT2D eigenvalue weighted by molar-refractivity contribution is 5.82. The fourth-order valence-corrected chi connectivity index (χ4v) is 5.21. The Hall–Kier alpha value is -4.43. The van der Waals surface area contributed by atoms with E-state index in [9.17, 15) is 4.79 Å². The molecule has 8 heteroatoms. The van der Waals surface area contributed by atoms with Gasteiger partial charge in [0.1, 0.15) is 11.3 Å². The molecule has 1 aromatic heterocycles. The van der Waals surface area contributed by atoms with E-state index in [2.05, 4.69) is 86.2 Å². The molecule has 1 fully saturated rings. The average Bonchev–Trinajstić information content (AvgIpc) is 3.53. The van der Waals surface area contributed by atoms with Crippen LogP contribution in [0.4, 0.5) is 0 Å². The van der Waals surface area contributed by atoms with Crippen LogP contribution in [0.3, 0.4) is 0 Å². The minimum Gasteiger partial charge on any atom is -0.493 e. The highest BCUT2D eigenvalue weighted by Crippen LogP contribution is 2.32. The van der Waals surface area contributed by atoms with Gasteiger partial charge < -0.3 is 14.1 Å². The van der Waals surface area contributed by atoms with Gasteiger partial charge in [-0.1, -0.05) is 66.2 Å². The molecule has 0 amide bonds. The maximum absolute atomic E-state index is 12.5. The molecule has 6 rings (SSSR count). The summed E-state index contributed by atoms with van der Waals surface area (Å²) in [5, 5.41) is 15.2. The number of rotatable bonds is 8. The summed E-state index contributed by atoms with van der Waals surface area (Å²) in [5.74, 6) is 0.979. The second-order valence-corrected chi connectivity index (χ2v) is 9.71. The first-order valence-electron chi connectivity index (χ1n) is 13.3. The van der Waals surface area contributed by atoms with Crippen molar-refractivity contribution in [3.05, 3.63) is 118 Å². The van der Waals surface area contributed by atoms with Crippen molar-refractivity contribution in [3.63, 3.8) is 0 Å². The van der Waals surface area contributed by atoms with Gasteiger partial charge in [0.25, 0.3) is 0 Å². The van der Waals surface area contributed by atoms with Crippen molar-refractivity contribution in [2.75, 3.05) is 26.2 Å². The highest BCUT2D eigenvalue weighted by Gasteiger charge is 2.20. The SMILES string of the molecule is O=c1cc(C2N=NN=N2)oc2cc(OCCCN3CCC(=C(c4ccccc4)c4ccccc4)CC3)ccc12. The van der Waals surface area contributed by atoms with Crippen LogP contribution in [0.25, 0.3) is 16.5 Å². The van der Waals surface area contributed by atoms with Gasteiger partial charge in [0.05, 0.1) is 12.0 Å². The van der Waals surface area contributed by atoms with Crippen molar-refractivity contribution in [1.29, 1.82) is 0 Å². The van der Waals surface area contributed by atoms with Gasteiger partial charge in [-0.3, -0.25) is 4.79 Å². The summed E-state index contributed by atoms with van der Waals surface area (Å²) in [7, 11) is 0. The second kappa shape index (κ2) is 11.5. The number of hydrogen-bond donors (Lipinski definition) is 0. The molecular formula is C31H29N5O3. The van der Waals surface area contributed by atoms with E-state index in [4.69, 9.17) is 9.15 Å². The standard InChI is InChI=1S/C31H29N5O3/c37-27-21-29(31-32-34-35-33-31)39-28-20-25(12-13-26(27)28)38-19-7-16-36-17-14-24(15-18-36)30(22-8-3-1-4-9-22)23-10-5-2-6-11-23/h1-6,8-13,20-21,31H,7,14-19H2. The number of ether oxygens (including phenoxy) is 1. The zero-order valence-corrected chi connectivity index (χ0v) is 21.6. The average molecular weight is 520 g/mol. The summed E-state index contributed by atoms with van der Waals surface area (Å²) in [5.41, 5.74) is 5.76. The van der Waals surface area contributed by atoms with Gasteiger partial charge in [-0.15, -0.1) is 10.2 Å². The van der Waals surface area contributed by atoms with Crippen molar-refractivity contribution in [3.8, 4) is 5.75 Å². The van der Waals surface area contributed by atoms with Gasteiger partial charge in [0, 0.05) is 31.8 Å². The first kappa shape index (κ1) is 24.9. The third-order valence-corrected chi connectivity index (χ3v) is 7.16. The van der Waals surface area contributed by atoms with Crippen LogP contribution in [0.5, 0.6) is 5.75 Å². The molecular weight excluding hydrogens is 490 g/mol. The van der Waals surface area contributed by atoms with Crippen LogP contribution in [0, 0.1) is 0 Å². The van der Waals surface area contributed by atoms with E-state index < -0.39 is 6.17 Å². The van der Waals surface area contributed by atoms with Gasteiger partial charge in [0.2, 0.25) is 6.17 Å². The van der Waals surface area contributed by atoms with Crippen LogP contribution in [0.15, 0.2) is 120 Å². The molecule has 4 aromatic rings. The Labute approximate surface area is 226 Å². The lowest BCUT2D eigenvalue weighted by atomic mass is 9.88. The third kappa shape index (κ3) is 5.71. The molecule has 0 spiro atoms. The Balaban J connectivity index is 1.05. The summed E-state index contributed by atoms with van der Waals surface area (Å²) in [6.45, 7) is 3.64. The second-order valence-electron chi connectivity index (χ2n) is 9.71. The zero-order valence-electron chi connectivity index (χ0n) is 21.6. The summed E-state index contributed by atoms with van der Waals surface area (Å²) >= 11 is 0. The predicted molar refractivity (Wildman–Crippen MR) is 150 cm³/mol. The van der Waals surface area contributed by atoms with Crippen LogP contribution < -0.4 is 10.2 Å². The van der Waals surface area contributed by atoms with Crippen LogP contribution in [0.2, 0.25) is 0 Å². The largest absolute Gasteiger partial charge is 0.493 e. The fourth-order valence-electron chi connectivity index (χ4n) is 5.21. The van der Waals surface area contributed by atoms with Gasteiger partial charge >= 0.3 is 0 Å². The number of hydrogen-bond acceptors (Lipinski definition) is 8. The molecule has 39 heavy (non-hydrogen) atoms. The quantitative estimate of drug-likeness (QED) is 0.235. The molecule has 2 aliphatic rings. The van der Waals surface area contributed by atoms with Gasteiger partial charge in [-0.05, 0) is 58.5 Å². The summed E-state index contributed by atoms with van der Waals surface area (Å²) in [4.78, 5) is 15.0. The molecule has 8 nitrogen and oxygen atoms in total. The van der Waals surface area contributed by atoms with Crippen LogP contribution in [0.1, 0.15) is 42.3 Å². The first-order valence-corrected chi connectivity index (χ1v) is 13.3. The van der Waals surface area contributed by atoms with E-state index >= 15 is 0 Å². The van der Waals surface area contributed by atoms with Crippen molar-refractivity contribution >= 4 is 16.5 Å². The number of benzene rings is 3. The van der Waals surface area contributed by atoms with Crippen LogP contribution in [-0.2, 0) is 0 Å².